The number of hydrogen-bond acceptors (Lipinski definition) is 3. The molecule has 0 N–H and O–H groups in total. The second-order valence-corrected chi connectivity index (χ2v) is 7.84. The standard InChI is InChI=1S/C24H26FN3O2/c1-18(29)28-11-10-19-6-2-4-8-21(19)23(28)16-24(30)27-14-12-26(13-15-27)17-20-7-3-5-9-22(20)25/h2-11,23H,12-17H2,1H3. The van der Waals surface area contributed by atoms with Crippen molar-refractivity contribution in [2.75, 3.05) is 26.2 Å². The summed E-state index contributed by atoms with van der Waals surface area (Å²) < 4.78 is 13.9. The number of carbonyl (C=O) groups excluding carboxylic acids is 2. The van der Waals surface area contributed by atoms with E-state index in [0.717, 1.165) is 11.1 Å². The van der Waals surface area contributed by atoms with Crippen LogP contribution in [0.3, 0.4) is 0 Å². The first-order valence-electron chi connectivity index (χ1n) is 10.3. The van der Waals surface area contributed by atoms with Crippen LogP contribution in [0.2, 0.25) is 0 Å². The summed E-state index contributed by atoms with van der Waals surface area (Å²) >= 11 is 0. The first-order valence-corrected chi connectivity index (χ1v) is 10.3. The molecule has 2 heterocycles. The SMILES string of the molecule is CC(=O)N1C=Cc2ccccc2C1CC(=O)N1CCN(Cc2ccccc2F)CC1. The molecule has 0 aliphatic carbocycles. The molecule has 5 nitrogen and oxygen atoms in total. The van der Waals surface area contributed by atoms with Gasteiger partial charge >= 0.3 is 0 Å². The predicted molar refractivity (Wildman–Crippen MR) is 114 cm³/mol. The maximum atomic E-state index is 13.9. The molecule has 0 spiro atoms. The zero-order valence-corrected chi connectivity index (χ0v) is 17.1. The van der Waals surface area contributed by atoms with Gasteiger partial charge < -0.3 is 9.80 Å². The van der Waals surface area contributed by atoms with Crippen LogP contribution < -0.4 is 0 Å². The van der Waals surface area contributed by atoms with Crippen molar-refractivity contribution < 1.29 is 14.0 Å². The van der Waals surface area contributed by atoms with Crippen LogP contribution in [0.5, 0.6) is 0 Å². The lowest BCUT2D eigenvalue weighted by Gasteiger charge is -2.37. The first kappa shape index (κ1) is 20.3. The quantitative estimate of drug-likeness (QED) is 0.780. The lowest BCUT2D eigenvalue weighted by atomic mass is 9.93. The van der Waals surface area contributed by atoms with E-state index in [1.807, 2.05) is 41.3 Å². The number of hydrogen-bond donors (Lipinski definition) is 0. The summed E-state index contributed by atoms with van der Waals surface area (Å²) in [6, 6.07) is 14.4. The molecule has 6 heteroatoms. The lowest BCUT2D eigenvalue weighted by Crippen LogP contribution is -2.49. The van der Waals surface area contributed by atoms with Crippen LogP contribution in [0.15, 0.2) is 54.7 Å². The molecule has 2 aromatic rings. The van der Waals surface area contributed by atoms with E-state index in [2.05, 4.69) is 4.90 Å². The zero-order chi connectivity index (χ0) is 21.1. The summed E-state index contributed by atoms with van der Waals surface area (Å²) in [5.41, 5.74) is 2.73. The number of nitrogens with zero attached hydrogens (tertiary/aromatic N) is 3. The van der Waals surface area contributed by atoms with Gasteiger partial charge in [0.15, 0.2) is 0 Å². The minimum absolute atomic E-state index is 0.0434. The highest BCUT2D eigenvalue weighted by molar-refractivity contribution is 5.82. The Bertz CT molecular complexity index is 966. The summed E-state index contributed by atoms with van der Waals surface area (Å²) in [4.78, 5) is 30.9. The molecule has 1 unspecified atom stereocenters. The molecular formula is C24H26FN3O2. The van der Waals surface area contributed by atoms with Crippen LogP contribution in [0.25, 0.3) is 6.08 Å². The number of benzene rings is 2. The third-order valence-electron chi connectivity index (χ3n) is 5.91. The molecule has 156 valence electrons. The Labute approximate surface area is 176 Å². The first-order chi connectivity index (χ1) is 14.5. The maximum Gasteiger partial charge on any atom is 0.225 e. The second kappa shape index (κ2) is 8.79. The van der Waals surface area contributed by atoms with Crippen LogP contribution in [-0.4, -0.2) is 52.7 Å². The van der Waals surface area contributed by atoms with Crippen molar-refractivity contribution in [2.24, 2.45) is 0 Å². The Morgan fingerprint density at radius 3 is 2.43 bits per heavy atom. The molecule has 0 radical (unpaired) electrons. The average molecular weight is 407 g/mol. The summed E-state index contributed by atoms with van der Waals surface area (Å²) in [6.07, 6.45) is 3.95. The minimum atomic E-state index is -0.285. The van der Waals surface area contributed by atoms with Gasteiger partial charge in [0.25, 0.3) is 0 Å². The van der Waals surface area contributed by atoms with E-state index in [4.69, 9.17) is 0 Å². The van der Waals surface area contributed by atoms with Gasteiger partial charge in [-0.3, -0.25) is 14.5 Å². The summed E-state index contributed by atoms with van der Waals surface area (Å²) in [7, 11) is 0. The Morgan fingerprint density at radius 2 is 1.70 bits per heavy atom. The molecule has 2 aliphatic heterocycles. The normalized spacial score (nSPS) is 18.9. The van der Waals surface area contributed by atoms with Crippen molar-refractivity contribution in [2.45, 2.75) is 25.9 Å². The molecule has 2 amide bonds. The number of carbonyl (C=O) groups is 2. The number of piperazine rings is 1. The van der Waals surface area contributed by atoms with Gasteiger partial charge in [-0.1, -0.05) is 42.5 Å². The van der Waals surface area contributed by atoms with Gasteiger partial charge in [0.05, 0.1) is 12.5 Å². The number of halogens is 1. The van der Waals surface area contributed by atoms with E-state index in [-0.39, 0.29) is 30.1 Å². The largest absolute Gasteiger partial charge is 0.340 e. The number of amides is 2. The Balaban J connectivity index is 1.39. The van der Waals surface area contributed by atoms with Crippen molar-refractivity contribution in [3.05, 3.63) is 77.2 Å². The molecular weight excluding hydrogens is 381 g/mol. The van der Waals surface area contributed by atoms with Crippen molar-refractivity contribution in [3.63, 3.8) is 0 Å². The highest BCUT2D eigenvalue weighted by Crippen LogP contribution is 2.33. The minimum Gasteiger partial charge on any atom is -0.340 e. The van der Waals surface area contributed by atoms with Gasteiger partial charge in [-0.15, -0.1) is 0 Å². The average Bonchev–Trinajstić information content (AvgIpc) is 2.76. The molecule has 0 aromatic heterocycles. The van der Waals surface area contributed by atoms with Gasteiger partial charge in [0.2, 0.25) is 11.8 Å². The van der Waals surface area contributed by atoms with E-state index >= 15 is 0 Å². The molecule has 0 saturated carbocycles. The summed E-state index contributed by atoms with van der Waals surface area (Å²) in [5.74, 6) is -0.223. The molecule has 30 heavy (non-hydrogen) atoms. The van der Waals surface area contributed by atoms with Crippen LogP contribution in [0.1, 0.15) is 36.1 Å². The van der Waals surface area contributed by atoms with Gasteiger partial charge in [0.1, 0.15) is 5.82 Å². The monoisotopic (exact) mass is 407 g/mol. The van der Waals surface area contributed by atoms with E-state index < -0.39 is 0 Å². The summed E-state index contributed by atoms with van der Waals surface area (Å²) in [6.45, 7) is 4.70. The Morgan fingerprint density at radius 1 is 1.00 bits per heavy atom. The second-order valence-electron chi connectivity index (χ2n) is 7.84. The third kappa shape index (κ3) is 4.28. The van der Waals surface area contributed by atoms with E-state index in [9.17, 15) is 14.0 Å². The van der Waals surface area contributed by atoms with Crippen LogP contribution in [-0.2, 0) is 16.1 Å². The smallest absolute Gasteiger partial charge is 0.225 e. The van der Waals surface area contributed by atoms with Gasteiger partial charge in [0, 0.05) is 51.4 Å². The van der Waals surface area contributed by atoms with Crippen LogP contribution in [0.4, 0.5) is 4.39 Å². The van der Waals surface area contributed by atoms with Crippen molar-refractivity contribution in [1.29, 1.82) is 0 Å². The molecule has 4 rings (SSSR count). The van der Waals surface area contributed by atoms with Crippen molar-refractivity contribution in [3.8, 4) is 0 Å². The predicted octanol–water partition coefficient (Wildman–Crippen LogP) is 3.43. The fourth-order valence-corrected chi connectivity index (χ4v) is 4.23. The lowest BCUT2D eigenvalue weighted by molar-refractivity contribution is -0.136. The van der Waals surface area contributed by atoms with Crippen LogP contribution >= 0.6 is 0 Å². The van der Waals surface area contributed by atoms with E-state index in [1.54, 1.807) is 23.2 Å². The fraction of sp³-hybridized carbons (Fsp3) is 0.333. The van der Waals surface area contributed by atoms with Gasteiger partial charge in [-0.25, -0.2) is 4.39 Å². The van der Waals surface area contributed by atoms with Crippen LogP contribution in [0, 0.1) is 5.82 Å². The molecule has 1 saturated heterocycles. The highest BCUT2D eigenvalue weighted by Gasteiger charge is 2.31. The molecule has 1 atom stereocenters. The Kier molecular flexibility index (Phi) is 5.95. The molecule has 2 aromatic carbocycles. The zero-order valence-electron chi connectivity index (χ0n) is 17.1. The van der Waals surface area contributed by atoms with E-state index in [0.29, 0.717) is 38.3 Å². The molecule has 1 fully saturated rings. The molecule has 2 aliphatic rings. The summed E-state index contributed by atoms with van der Waals surface area (Å²) in [5, 5.41) is 0. The molecule has 0 bridgehead atoms. The highest BCUT2D eigenvalue weighted by atomic mass is 19.1. The maximum absolute atomic E-state index is 13.9. The Hall–Kier alpha value is -2.99. The fourth-order valence-electron chi connectivity index (χ4n) is 4.23. The third-order valence-corrected chi connectivity index (χ3v) is 5.91. The van der Waals surface area contributed by atoms with Crippen molar-refractivity contribution >= 4 is 17.9 Å². The topological polar surface area (TPSA) is 43.9 Å². The van der Waals surface area contributed by atoms with Crippen molar-refractivity contribution in [1.82, 2.24) is 14.7 Å². The number of rotatable bonds is 4. The van der Waals surface area contributed by atoms with Gasteiger partial charge in [-0.2, -0.15) is 0 Å². The van der Waals surface area contributed by atoms with E-state index in [1.165, 1.54) is 13.0 Å². The number of fused-ring (bicyclic) bond motifs is 1. The van der Waals surface area contributed by atoms with Gasteiger partial charge in [-0.05, 0) is 23.3 Å².